The number of rotatable bonds is 10. The number of aryl methyl sites for hydroxylation is 2. The third-order valence-corrected chi connectivity index (χ3v) is 7.04. The van der Waals surface area contributed by atoms with E-state index in [-0.39, 0.29) is 36.5 Å². The number of hydrogen-bond acceptors (Lipinski definition) is 6. The summed E-state index contributed by atoms with van der Waals surface area (Å²) in [6.07, 6.45) is 0.403. The molecule has 0 heterocycles. The van der Waals surface area contributed by atoms with E-state index in [0.29, 0.717) is 50.2 Å². The van der Waals surface area contributed by atoms with Crippen LogP contribution in [0.2, 0.25) is 20.1 Å². The molecule has 224 valence electrons. The molecule has 6 N–H and O–H groups in total. The fourth-order valence-corrected chi connectivity index (χ4v) is 4.70. The first-order chi connectivity index (χ1) is 19.9. The van der Waals surface area contributed by atoms with Crippen molar-refractivity contribution in [1.29, 1.82) is 0 Å². The first-order valence-electron chi connectivity index (χ1n) is 12.7. The number of para-hydroxylation sites is 2. The van der Waals surface area contributed by atoms with Crippen molar-refractivity contribution >= 4 is 93.9 Å². The molecule has 3 aromatic rings. The molecular weight excluding hydrogens is 638 g/mol. The van der Waals surface area contributed by atoms with E-state index < -0.39 is 0 Å². The Balaban J connectivity index is 0.000000299. The lowest BCUT2D eigenvalue weighted by Crippen LogP contribution is -2.41. The number of Topliss-reactive ketones (excluding diaryl/α,β-unsaturated/α-hetero) is 1. The number of guanidine groups is 1. The second-order valence-corrected chi connectivity index (χ2v) is 11.0. The van der Waals surface area contributed by atoms with Crippen LogP contribution in [0.15, 0.2) is 64.6 Å². The number of nitrogens with two attached hydrogens (primary N) is 2. The van der Waals surface area contributed by atoms with Crippen LogP contribution in [0.25, 0.3) is 0 Å². The van der Waals surface area contributed by atoms with Gasteiger partial charge in [0.1, 0.15) is 23.0 Å². The normalized spacial score (nSPS) is 11.5. The molecule has 13 heteroatoms. The molecular formula is C29H32Cl4N6O2S. The summed E-state index contributed by atoms with van der Waals surface area (Å²) in [6, 6.07) is 16.0. The Kier molecular flexibility index (Phi) is 15.2. The van der Waals surface area contributed by atoms with Crippen molar-refractivity contribution in [3.63, 3.8) is 0 Å². The summed E-state index contributed by atoms with van der Waals surface area (Å²) in [5.74, 6) is 0.494. The summed E-state index contributed by atoms with van der Waals surface area (Å²) in [7, 11) is 0. The summed E-state index contributed by atoms with van der Waals surface area (Å²) >= 11 is 28.0. The fraction of sp³-hybridized carbons (Fsp3) is 0.241. The van der Waals surface area contributed by atoms with Gasteiger partial charge in [-0.3, -0.25) is 14.9 Å². The third-order valence-electron chi connectivity index (χ3n) is 5.60. The Morgan fingerprint density at radius 1 is 0.810 bits per heavy atom. The van der Waals surface area contributed by atoms with Crippen molar-refractivity contribution in [2.45, 2.75) is 26.7 Å². The van der Waals surface area contributed by atoms with E-state index in [9.17, 15) is 9.59 Å². The third kappa shape index (κ3) is 11.8. The highest BCUT2D eigenvalue weighted by Gasteiger charge is 2.12. The van der Waals surface area contributed by atoms with E-state index in [4.69, 9.17) is 57.9 Å². The summed E-state index contributed by atoms with van der Waals surface area (Å²) in [5, 5.41) is 6.83. The van der Waals surface area contributed by atoms with Crippen LogP contribution in [-0.4, -0.2) is 42.3 Å². The topological polar surface area (TPSA) is 135 Å². The highest BCUT2D eigenvalue weighted by molar-refractivity contribution is 7.80. The number of carbonyl (C=O) groups is 2. The van der Waals surface area contributed by atoms with Gasteiger partial charge in [-0.1, -0.05) is 76.7 Å². The van der Waals surface area contributed by atoms with E-state index in [1.165, 1.54) is 0 Å². The number of amidine groups is 1. The van der Waals surface area contributed by atoms with Crippen molar-refractivity contribution in [2.24, 2.45) is 21.5 Å². The molecule has 0 saturated heterocycles. The van der Waals surface area contributed by atoms with Gasteiger partial charge in [0.15, 0.2) is 0 Å². The number of nitrogens with one attached hydrogen (secondary N) is 2. The lowest BCUT2D eigenvalue weighted by Gasteiger charge is -2.09. The monoisotopic (exact) mass is 668 g/mol. The Morgan fingerprint density at radius 3 is 1.79 bits per heavy atom. The molecule has 8 nitrogen and oxygen atoms in total. The van der Waals surface area contributed by atoms with Crippen molar-refractivity contribution < 1.29 is 9.59 Å². The second-order valence-electron chi connectivity index (χ2n) is 8.95. The van der Waals surface area contributed by atoms with Crippen molar-refractivity contribution in [1.82, 2.24) is 10.6 Å². The van der Waals surface area contributed by atoms with Gasteiger partial charge < -0.3 is 16.8 Å². The van der Waals surface area contributed by atoms with Crippen molar-refractivity contribution in [3.8, 4) is 0 Å². The predicted molar refractivity (Wildman–Crippen MR) is 180 cm³/mol. The van der Waals surface area contributed by atoms with Gasteiger partial charge >= 0.3 is 0 Å². The van der Waals surface area contributed by atoms with Crippen LogP contribution >= 0.6 is 59.0 Å². The lowest BCUT2D eigenvalue weighted by molar-refractivity contribution is -0.119. The molecule has 0 radical (unpaired) electrons. The minimum atomic E-state index is -0.300. The lowest BCUT2D eigenvalue weighted by atomic mass is 9.97. The SMILES string of the molecule is Cc1cccc(C)c1CC(=O)CC(N)=Nc1c(Cl)cccc1Cl.NC(=Nc1c(Cl)cccc1Cl)NC(=O)CNCCS. The maximum Gasteiger partial charge on any atom is 0.240 e. The van der Waals surface area contributed by atoms with Crippen LogP contribution in [-0.2, 0) is 16.0 Å². The number of ketones is 1. The second kappa shape index (κ2) is 18.0. The average molecular weight is 670 g/mol. The Hall–Kier alpha value is -2.79. The number of thiol groups is 1. The number of nitrogens with zero attached hydrogens (tertiary/aromatic N) is 2. The molecule has 42 heavy (non-hydrogen) atoms. The molecule has 0 aromatic heterocycles. The molecule has 0 fully saturated rings. The zero-order valence-electron chi connectivity index (χ0n) is 23.1. The van der Waals surface area contributed by atoms with Gasteiger partial charge in [-0.05, 0) is 54.8 Å². The van der Waals surface area contributed by atoms with Crippen LogP contribution in [0, 0.1) is 13.8 Å². The van der Waals surface area contributed by atoms with Crippen LogP contribution in [0.1, 0.15) is 23.1 Å². The minimum absolute atomic E-state index is 0.00632. The van der Waals surface area contributed by atoms with Crippen LogP contribution in [0.4, 0.5) is 11.4 Å². The first-order valence-corrected chi connectivity index (χ1v) is 14.8. The fourth-order valence-electron chi connectivity index (χ4n) is 3.58. The Morgan fingerprint density at radius 2 is 1.29 bits per heavy atom. The number of halogens is 4. The molecule has 3 rings (SSSR count). The molecule has 3 aromatic carbocycles. The van der Waals surface area contributed by atoms with E-state index in [1.807, 2.05) is 32.0 Å². The molecule has 1 amide bonds. The van der Waals surface area contributed by atoms with Gasteiger partial charge in [0, 0.05) is 18.7 Å². The zero-order chi connectivity index (χ0) is 31.2. The Labute approximate surface area is 271 Å². The standard InChI is InChI=1S/C18H18Cl2N2O.C11H14Cl2N4OS/c1-11-5-3-6-12(2)14(11)9-13(23)10-17(21)22-18-15(19)7-4-8-16(18)20;12-7-2-1-3-8(13)10(7)17-11(14)16-9(18)6-15-4-5-19/h3-8H,9-10H2,1-2H3,(H2,21,22);1-3,15,19H,4-6H2,(H3,14,16,17,18). The highest BCUT2D eigenvalue weighted by atomic mass is 35.5. The van der Waals surface area contributed by atoms with Crippen LogP contribution in [0.3, 0.4) is 0 Å². The zero-order valence-corrected chi connectivity index (χ0v) is 27.0. The molecule has 0 saturated carbocycles. The summed E-state index contributed by atoms with van der Waals surface area (Å²) in [6.45, 7) is 4.75. The first kappa shape index (κ1) is 35.4. The summed E-state index contributed by atoms with van der Waals surface area (Å²) in [5.41, 5.74) is 15.5. The summed E-state index contributed by atoms with van der Waals surface area (Å²) in [4.78, 5) is 31.9. The largest absolute Gasteiger partial charge is 0.387 e. The van der Waals surface area contributed by atoms with Gasteiger partial charge in [0.2, 0.25) is 11.9 Å². The van der Waals surface area contributed by atoms with Crippen molar-refractivity contribution in [2.75, 3.05) is 18.8 Å². The van der Waals surface area contributed by atoms with Gasteiger partial charge in [-0.25, -0.2) is 9.98 Å². The smallest absolute Gasteiger partial charge is 0.240 e. The van der Waals surface area contributed by atoms with E-state index in [2.05, 4.69) is 33.2 Å². The molecule has 0 unspecified atom stereocenters. The maximum absolute atomic E-state index is 12.3. The average Bonchev–Trinajstić information content (AvgIpc) is 2.91. The number of aliphatic imine (C=N–C) groups is 2. The minimum Gasteiger partial charge on any atom is -0.387 e. The van der Waals surface area contributed by atoms with Gasteiger partial charge in [0.25, 0.3) is 0 Å². The molecule has 0 atom stereocenters. The number of amides is 1. The van der Waals surface area contributed by atoms with Crippen molar-refractivity contribution in [3.05, 3.63) is 91.4 Å². The summed E-state index contributed by atoms with van der Waals surface area (Å²) < 4.78 is 0. The Bertz CT molecular complexity index is 1410. The van der Waals surface area contributed by atoms with Gasteiger partial charge in [-0.15, -0.1) is 0 Å². The molecule has 0 aliphatic rings. The number of benzene rings is 3. The van der Waals surface area contributed by atoms with E-state index in [1.54, 1.807) is 36.4 Å². The molecule has 0 aliphatic heterocycles. The molecule has 0 spiro atoms. The van der Waals surface area contributed by atoms with Gasteiger partial charge in [0.05, 0.1) is 33.1 Å². The molecule has 0 aliphatic carbocycles. The number of carbonyl (C=O) groups excluding carboxylic acids is 2. The van der Waals surface area contributed by atoms with Gasteiger partial charge in [-0.2, -0.15) is 12.6 Å². The maximum atomic E-state index is 12.3. The highest BCUT2D eigenvalue weighted by Crippen LogP contribution is 2.33. The predicted octanol–water partition coefficient (Wildman–Crippen LogP) is 6.38. The van der Waals surface area contributed by atoms with E-state index >= 15 is 0 Å². The number of hydrogen-bond donors (Lipinski definition) is 5. The quantitative estimate of drug-likeness (QED) is 0.0739. The van der Waals surface area contributed by atoms with E-state index in [0.717, 1.165) is 16.7 Å². The van der Waals surface area contributed by atoms with Crippen LogP contribution in [0.5, 0.6) is 0 Å². The molecule has 0 bridgehead atoms. The van der Waals surface area contributed by atoms with Crippen LogP contribution < -0.4 is 22.1 Å².